The van der Waals surface area contributed by atoms with E-state index in [0.717, 1.165) is 19.7 Å². The molecule has 1 fully saturated rings. The van der Waals surface area contributed by atoms with Gasteiger partial charge in [0.2, 0.25) is 0 Å². The second kappa shape index (κ2) is 7.90. The van der Waals surface area contributed by atoms with E-state index in [9.17, 15) is 0 Å². The lowest BCUT2D eigenvalue weighted by molar-refractivity contribution is -0.0820. The van der Waals surface area contributed by atoms with Crippen LogP contribution >= 0.6 is 0 Å². The SMILES string of the molecule is CNCC1OCCN(C(C)C)C1c1ccccc1COC. The largest absolute Gasteiger partial charge is 0.380 e. The van der Waals surface area contributed by atoms with E-state index in [0.29, 0.717) is 12.6 Å². The van der Waals surface area contributed by atoms with E-state index in [1.807, 2.05) is 7.05 Å². The highest BCUT2D eigenvalue weighted by Gasteiger charge is 2.35. The molecule has 0 aromatic heterocycles. The van der Waals surface area contributed by atoms with Crippen molar-refractivity contribution in [1.82, 2.24) is 10.2 Å². The van der Waals surface area contributed by atoms with E-state index in [1.165, 1.54) is 11.1 Å². The number of ether oxygens (including phenoxy) is 2. The molecule has 0 amide bonds. The Labute approximate surface area is 128 Å². The van der Waals surface area contributed by atoms with Crippen molar-refractivity contribution >= 4 is 0 Å². The van der Waals surface area contributed by atoms with Crippen molar-refractivity contribution in [3.63, 3.8) is 0 Å². The number of methoxy groups -OCH3 is 1. The van der Waals surface area contributed by atoms with Gasteiger partial charge in [-0.2, -0.15) is 0 Å². The Morgan fingerprint density at radius 3 is 2.81 bits per heavy atom. The quantitative estimate of drug-likeness (QED) is 0.871. The van der Waals surface area contributed by atoms with Crippen LogP contribution in [0.25, 0.3) is 0 Å². The molecular weight excluding hydrogens is 264 g/mol. The van der Waals surface area contributed by atoms with E-state index in [1.54, 1.807) is 7.11 Å². The van der Waals surface area contributed by atoms with Crippen LogP contribution in [0.2, 0.25) is 0 Å². The summed E-state index contributed by atoms with van der Waals surface area (Å²) in [6.45, 7) is 7.79. The predicted molar refractivity (Wildman–Crippen MR) is 85.4 cm³/mol. The van der Waals surface area contributed by atoms with Crippen LogP contribution in [0, 0.1) is 0 Å². The van der Waals surface area contributed by atoms with E-state index < -0.39 is 0 Å². The second-order valence-corrected chi connectivity index (χ2v) is 5.88. The van der Waals surface area contributed by atoms with Gasteiger partial charge in [-0.15, -0.1) is 0 Å². The molecule has 4 nitrogen and oxygen atoms in total. The Morgan fingerprint density at radius 1 is 1.38 bits per heavy atom. The molecular formula is C17H28N2O2. The van der Waals surface area contributed by atoms with Gasteiger partial charge in [0, 0.05) is 26.2 Å². The number of nitrogens with zero attached hydrogens (tertiary/aromatic N) is 1. The zero-order chi connectivity index (χ0) is 15.2. The number of rotatable bonds is 6. The van der Waals surface area contributed by atoms with Crippen LogP contribution < -0.4 is 5.32 Å². The number of hydrogen-bond donors (Lipinski definition) is 1. The summed E-state index contributed by atoms with van der Waals surface area (Å²) in [6, 6.07) is 9.33. The highest BCUT2D eigenvalue weighted by molar-refractivity contribution is 5.31. The van der Waals surface area contributed by atoms with Crippen molar-refractivity contribution < 1.29 is 9.47 Å². The van der Waals surface area contributed by atoms with Crippen molar-refractivity contribution in [3.05, 3.63) is 35.4 Å². The van der Waals surface area contributed by atoms with Crippen LogP contribution in [0.4, 0.5) is 0 Å². The lowest BCUT2D eigenvalue weighted by atomic mass is 9.92. The summed E-state index contributed by atoms with van der Waals surface area (Å²) < 4.78 is 11.4. The molecule has 1 N–H and O–H groups in total. The van der Waals surface area contributed by atoms with Gasteiger partial charge in [0.25, 0.3) is 0 Å². The Bertz CT molecular complexity index is 435. The minimum Gasteiger partial charge on any atom is -0.380 e. The molecule has 1 heterocycles. The first-order valence-corrected chi connectivity index (χ1v) is 7.77. The number of benzene rings is 1. The maximum absolute atomic E-state index is 6.05. The third kappa shape index (κ3) is 3.83. The standard InChI is InChI=1S/C17H28N2O2/c1-13(2)19-9-10-21-16(11-18-3)17(19)15-8-6-5-7-14(15)12-20-4/h5-8,13,16-18H,9-12H2,1-4H3. The van der Waals surface area contributed by atoms with E-state index >= 15 is 0 Å². The highest BCUT2D eigenvalue weighted by Crippen LogP contribution is 2.33. The zero-order valence-corrected chi connectivity index (χ0v) is 13.6. The maximum Gasteiger partial charge on any atom is 0.0896 e. The third-order valence-corrected chi connectivity index (χ3v) is 4.13. The minimum atomic E-state index is 0.171. The Hall–Kier alpha value is -0.940. The second-order valence-electron chi connectivity index (χ2n) is 5.88. The summed E-state index contributed by atoms with van der Waals surface area (Å²) in [5.41, 5.74) is 2.58. The summed E-state index contributed by atoms with van der Waals surface area (Å²) >= 11 is 0. The predicted octanol–water partition coefficient (Wildman–Crippen LogP) is 2.20. The molecule has 1 aliphatic heterocycles. The first-order valence-electron chi connectivity index (χ1n) is 7.77. The normalized spacial score (nSPS) is 23.7. The van der Waals surface area contributed by atoms with Gasteiger partial charge in [-0.1, -0.05) is 24.3 Å². The van der Waals surface area contributed by atoms with Crippen LogP contribution in [0.15, 0.2) is 24.3 Å². The lowest BCUT2D eigenvalue weighted by Crippen LogP contribution is -2.51. The van der Waals surface area contributed by atoms with Gasteiger partial charge in [0.15, 0.2) is 0 Å². The first kappa shape index (κ1) is 16.4. The minimum absolute atomic E-state index is 0.171. The molecule has 2 atom stereocenters. The molecule has 4 heteroatoms. The Morgan fingerprint density at radius 2 is 2.14 bits per heavy atom. The molecule has 1 saturated heterocycles. The van der Waals surface area contributed by atoms with Crippen molar-refractivity contribution in [1.29, 1.82) is 0 Å². The van der Waals surface area contributed by atoms with Crippen molar-refractivity contribution in [2.75, 3.05) is 33.9 Å². The maximum atomic E-state index is 6.05. The molecule has 0 radical (unpaired) electrons. The van der Waals surface area contributed by atoms with E-state index in [2.05, 4.69) is 48.3 Å². The first-order chi connectivity index (χ1) is 10.2. The number of morpholine rings is 1. The fourth-order valence-electron chi connectivity index (χ4n) is 3.19. The fourth-order valence-corrected chi connectivity index (χ4v) is 3.19. The van der Waals surface area contributed by atoms with Crippen LogP contribution in [0.3, 0.4) is 0 Å². The van der Waals surface area contributed by atoms with Gasteiger partial charge in [-0.05, 0) is 32.0 Å². The lowest BCUT2D eigenvalue weighted by Gasteiger charge is -2.44. The number of nitrogens with one attached hydrogen (secondary N) is 1. The Kier molecular flexibility index (Phi) is 6.18. The molecule has 0 saturated carbocycles. The van der Waals surface area contributed by atoms with Crippen molar-refractivity contribution in [2.24, 2.45) is 0 Å². The molecule has 0 spiro atoms. The topological polar surface area (TPSA) is 33.7 Å². The smallest absolute Gasteiger partial charge is 0.0896 e. The monoisotopic (exact) mass is 292 g/mol. The average Bonchev–Trinajstić information content (AvgIpc) is 2.48. The van der Waals surface area contributed by atoms with Crippen LogP contribution in [0.1, 0.15) is 31.0 Å². The van der Waals surface area contributed by atoms with Crippen molar-refractivity contribution in [3.8, 4) is 0 Å². The summed E-state index contributed by atoms with van der Waals surface area (Å²) in [5.74, 6) is 0. The molecule has 0 bridgehead atoms. The van der Waals surface area contributed by atoms with Gasteiger partial charge in [-0.25, -0.2) is 0 Å². The van der Waals surface area contributed by atoms with Gasteiger partial charge in [0.05, 0.1) is 25.4 Å². The molecule has 1 aromatic carbocycles. The van der Waals surface area contributed by atoms with Gasteiger partial charge in [0.1, 0.15) is 0 Å². The molecule has 2 rings (SSSR count). The van der Waals surface area contributed by atoms with E-state index in [4.69, 9.17) is 9.47 Å². The molecule has 0 aliphatic carbocycles. The molecule has 21 heavy (non-hydrogen) atoms. The van der Waals surface area contributed by atoms with Crippen molar-refractivity contribution in [2.45, 2.75) is 38.6 Å². The molecule has 1 aromatic rings. The summed E-state index contributed by atoms with van der Waals surface area (Å²) in [5, 5.41) is 3.27. The zero-order valence-electron chi connectivity index (χ0n) is 13.6. The van der Waals surface area contributed by atoms with Gasteiger partial charge in [-0.3, -0.25) is 4.90 Å². The van der Waals surface area contributed by atoms with Gasteiger partial charge >= 0.3 is 0 Å². The Balaban J connectivity index is 2.37. The average molecular weight is 292 g/mol. The van der Waals surface area contributed by atoms with Gasteiger partial charge < -0.3 is 14.8 Å². The highest BCUT2D eigenvalue weighted by atomic mass is 16.5. The van der Waals surface area contributed by atoms with E-state index in [-0.39, 0.29) is 12.1 Å². The number of likely N-dealkylation sites (N-methyl/N-ethyl adjacent to an activating group) is 1. The molecule has 1 aliphatic rings. The summed E-state index contributed by atoms with van der Waals surface area (Å²) in [4.78, 5) is 2.54. The van der Waals surface area contributed by atoms with Crippen LogP contribution in [-0.2, 0) is 16.1 Å². The molecule has 118 valence electrons. The summed E-state index contributed by atoms with van der Waals surface area (Å²) in [6.07, 6.45) is 0.171. The van der Waals surface area contributed by atoms with Crippen LogP contribution in [0.5, 0.6) is 0 Å². The van der Waals surface area contributed by atoms with Crippen LogP contribution in [-0.4, -0.2) is 50.9 Å². The number of hydrogen-bond acceptors (Lipinski definition) is 4. The molecule has 2 unspecified atom stereocenters. The third-order valence-electron chi connectivity index (χ3n) is 4.13. The summed E-state index contributed by atoms with van der Waals surface area (Å²) in [7, 11) is 3.73. The fraction of sp³-hybridized carbons (Fsp3) is 0.647.